The normalized spacial score (nSPS) is 15.7. The maximum Gasteiger partial charge on any atom is 0.319 e. The minimum Gasteiger partial charge on any atom is -0.338 e. The van der Waals surface area contributed by atoms with Gasteiger partial charge < -0.3 is 20.9 Å². The van der Waals surface area contributed by atoms with E-state index in [0.29, 0.717) is 12.5 Å². The third-order valence-electron chi connectivity index (χ3n) is 3.97. The molecule has 1 heterocycles. The average Bonchev–Trinajstić information content (AvgIpc) is 2.53. The lowest BCUT2D eigenvalue weighted by atomic mass is 9.97. The van der Waals surface area contributed by atoms with Crippen LogP contribution in [0.2, 0.25) is 0 Å². The number of amides is 4. The van der Waals surface area contributed by atoms with Gasteiger partial charge in [0.1, 0.15) is 0 Å². The molecule has 4 amide bonds. The highest BCUT2D eigenvalue weighted by atomic mass is 16.2. The highest BCUT2D eigenvalue weighted by Gasteiger charge is 2.25. The second-order valence-electron chi connectivity index (χ2n) is 7.31. The van der Waals surface area contributed by atoms with Crippen LogP contribution in [0.4, 0.5) is 15.3 Å². The van der Waals surface area contributed by atoms with Gasteiger partial charge in [-0.05, 0) is 51.7 Å². The summed E-state index contributed by atoms with van der Waals surface area (Å²) in [6.07, 6.45) is 1.81. The van der Waals surface area contributed by atoms with Gasteiger partial charge in [-0.3, -0.25) is 0 Å². The van der Waals surface area contributed by atoms with E-state index in [1.807, 2.05) is 56.0 Å². The number of likely N-dealkylation sites (tertiary alicyclic amines) is 1. The first-order valence-corrected chi connectivity index (χ1v) is 8.50. The van der Waals surface area contributed by atoms with Crippen molar-refractivity contribution in [1.29, 1.82) is 0 Å². The number of carbonyl (C=O) groups excluding carboxylic acids is 2. The Bertz CT molecular complexity index is 546. The van der Waals surface area contributed by atoms with E-state index in [2.05, 4.69) is 16.0 Å². The Labute approximate surface area is 144 Å². The molecule has 0 aliphatic carbocycles. The zero-order chi connectivity index (χ0) is 17.6. The van der Waals surface area contributed by atoms with Crippen molar-refractivity contribution in [1.82, 2.24) is 15.5 Å². The Morgan fingerprint density at radius 1 is 1.12 bits per heavy atom. The number of carbonyl (C=O) groups is 2. The van der Waals surface area contributed by atoms with E-state index in [-0.39, 0.29) is 17.6 Å². The first-order valence-electron chi connectivity index (χ1n) is 8.50. The van der Waals surface area contributed by atoms with Crippen molar-refractivity contribution in [3.8, 4) is 0 Å². The number of para-hydroxylation sites is 1. The van der Waals surface area contributed by atoms with Gasteiger partial charge in [-0.25, -0.2) is 9.59 Å². The van der Waals surface area contributed by atoms with Crippen molar-refractivity contribution in [2.24, 2.45) is 5.92 Å². The fourth-order valence-electron chi connectivity index (χ4n) is 2.67. The summed E-state index contributed by atoms with van der Waals surface area (Å²) < 4.78 is 0. The Morgan fingerprint density at radius 2 is 1.75 bits per heavy atom. The molecule has 132 valence electrons. The summed E-state index contributed by atoms with van der Waals surface area (Å²) in [7, 11) is 0. The zero-order valence-electron chi connectivity index (χ0n) is 14.8. The number of piperidine rings is 1. The van der Waals surface area contributed by atoms with E-state index < -0.39 is 0 Å². The standard InChI is InChI=1S/C18H28N4O2/c1-18(2,3)21-17(24)22-11-9-14(10-12-22)13-19-16(23)20-15-7-5-4-6-8-15/h4-8,14H,9-13H2,1-3H3,(H,21,24)(H2,19,20,23). The van der Waals surface area contributed by atoms with E-state index in [1.165, 1.54) is 0 Å². The van der Waals surface area contributed by atoms with Crippen molar-refractivity contribution in [3.05, 3.63) is 30.3 Å². The first kappa shape index (κ1) is 18.1. The Kier molecular flexibility index (Phi) is 6.06. The molecule has 6 heteroatoms. The second-order valence-corrected chi connectivity index (χ2v) is 7.31. The van der Waals surface area contributed by atoms with Crippen LogP contribution in [0.3, 0.4) is 0 Å². The van der Waals surface area contributed by atoms with Gasteiger partial charge in [-0.2, -0.15) is 0 Å². The van der Waals surface area contributed by atoms with Crippen LogP contribution in [0, 0.1) is 5.92 Å². The van der Waals surface area contributed by atoms with Crippen LogP contribution in [0.25, 0.3) is 0 Å². The second kappa shape index (κ2) is 8.04. The fourth-order valence-corrected chi connectivity index (χ4v) is 2.67. The molecule has 0 atom stereocenters. The van der Waals surface area contributed by atoms with E-state index >= 15 is 0 Å². The highest BCUT2D eigenvalue weighted by Crippen LogP contribution is 2.17. The topological polar surface area (TPSA) is 73.5 Å². The molecule has 0 bridgehead atoms. The van der Waals surface area contributed by atoms with E-state index in [0.717, 1.165) is 31.6 Å². The van der Waals surface area contributed by atoms with Gasteiger partial charge in [-0.15, -0.1) is 0 Å². The van der Waals surface area contributed by atoms with Gasteiger partial charge in [0.05, 0.1) is 0 Å². The monoisotopic (exact) mass is 332 g/mol. The number of hydrogen-bond donors (Lipinski definition) is 3. The lowest BCUT2D eigenvalue weighted by Gasteiger charge is -2.34. The van der Waals surface area contributed by atoms with Gasteiger partial charge in [0, 0.05) is 30.9 Å². The van der Waals surface area contributed by atoms with Gasteiger partial charge in [-0.1, -0.05) is 18.2 Å². The Morgan fingerprint density at radius 3 is 2.33 bits per heavy atom. The molecule has 0 aromatic heterocycles. The largest absolute Gasteiger partial charge is 0.338 e. The molecule has 2 rings (SSSR count). The lowest BCUT2D eigenvalue weighted by molar-refractivity contribution is 0.162. The van der Waals surface area contributed by atoms with Crippen LogP contribution in [-0.4, -0.2) is 42.1 Å². The van der Waals surface area contributed by atoms with Crippen LogP contribution in [-0.2, 0) is 0 Å². The van der Waals surface area contributed by atoms with Crippen molar-refractivity contribution in [2.45, 2.75) is 39.2 Å². The van der Waals surface area contributed by atoms with Gasteiger partial charge in [0.2, 0.25) is 0 Å². The fraction of sp³-hybridized carbons (Fsp3) is 0.556. The van der Waals surface area contributed by atoms with Crippen LogP contribution in [0.15, 0.2) is 30.3 Å². The molecule has 0 saturated carbocycles. The van der Waals surface area contributed by atoms with E-state index in [4.69, 9.17) is 0 Å². The molecule has 1 aliphatic rings. The quantitative estimate of drug-likeness (QED) is 0.796. The summed E-state index contributed by atoms with van der Waals surface area (Å²) in [4.78, 5) is 25.9. The Balaban J connectivity index is 1.68. The molecule has 0 unspecified atom stereocenters. The maximum absolute atomic E-state index is 12.1. The minimum absolute atomic E-state index is 0.00395. The molecule has 1 aromatic carbocycles. The van der Waals surface area contributed by atoms with Crippen LogP contribution >= 0.6 is 0 Å². The number of nitrogens with zero attached hydrogens (tertiary/aromatic N) is 1. The highest BCUT2D eigenvalue weighted by molar-refractivity contribution is 5.89. The number of urea groups is 2. The Hall–Kier alpha value is -2.24. The van der Waals surface area contributed by atoms with Gasteiger partial charge in [0.25, 0.3) is 0 Å². The number of nitrogens with one attached hydrogen (secondary N) is 3. The number of rotatable bonds is 3. The average molecular weight is 332 g/mol. The van der Waals surface area contributed by atoms with Crippen LogP contribution < -0.4 is 16.0 Å². The zero-order valence-corrected chi connectivity index (χ0v) is 14.8. The maximum atomic E-state index is 12.1. The summed E-state index contributed by atoms with van der Waals surface area (Å²) >= 11 is 0. The van der Waals surface area contributed by atoms with Crippen molar-refractivity contribution < 1.29 is 9.59 Å². The molecule has 1 saturated heterocycles. The van der Waals surface area contributed by atoms with Crippen LogP contribution in [0.1, 0.15) is 33.6 Å². The molecule has 6 nitrogen and oxygen atoms in total. The number of benzene rings is 1. The molecular formula is C18H28N4O2. The van der Waals surface area contributed by atoms with E-state index in [1.54, 1.807) is 0 Å². The summed E-state index contributed by atoms with van der Waals surface area (Å²) in [6.45, 7) is 8.03. The number of hydrogen-bond acceptors (Lipinski definition) is 2. The third-order valence-corrected chi connectivity index (χ3v) is 3.97. The number of anilines is 1. The van der Waals surface area contributed by atoms with E-state index in [9.17, 15) is 9.59 Å². The molecule has 0 radical (unpaired) electrons. The molecular weight excluding hydrogens is 304 g/mol. The van der Waals surface area contributed by atoms with Gasteiger partial charge >= 0.3 is 12.1 Å². The van der Waals surface area contributed by atoms with Crippen LogP contribution in [0.5, 0.6) is 0 Å². The third kappa shape index (κ3) is 6.10. The van der Waals surface area contributed by atoms with Gasteiger partial charge in [0.15, 0.2) is 0 Å². The molecule has 1 aliphatic heterocycles. The minimum atomic E-state index is -0.217. The predicted molar refractivity (Wildman–Crippen MR) is 96.0 cm³/mol. The van der Waals surface area contributed by atoms with Crippen molar-refractivity contribution in [2.75, 3.05) is 25.0 Å². The molecule has 3 N–H and O–H groups in total. The molecule has 0 spiro atoms. The SMILES string of the molecule is CC(C)(C)NC(=O)N1CCC(CNC(=O)Nc2ccccc2)CC1. The summed E-state index contributed by atoms with van der Waals surface area (Å²) in [6, 6.07) is 9.19. The summed E-state index contributed by atoms with van der Waals surface area (Å²) in [5.74, 6) is 0.408. The lowest BCUT2D eigenvalue weighted by Crippen LogP contribution is -2.51. The summed E-state index contributed by atoms with van der Waals surface area (Å²) in [5, 5.41) is 8.71. The van der Waals surface area contributed by atoms with Crippen molar-refractivity contribution in [3.63, 3.8) is 0 Å². The van der Waals surface area contributed by atoms with Crippen molar-refractivity contribution >= 4 is 17.7 Å². The molecule has 1 aromatic rings. The smallest absolute Gasteiger partial charge is 0.319 e. The predicted octanol–water partition coefficient (Wildman–Crippen LogP) is 3.03. The first-order chi connectivity index (χ1) is 11.3. The summed E-state index contributed by atoms with van der Waals surface area (Å²) in [5.41, 5.74) is 0.564. The molecule has 24 heavy (non-hydrogen) atoms. The molecule has 1 fully saturated rings.